The molecule has 5 rings (SSSR count). The van der Waals surface area contributed by atoms with Crippen molar-refractivity contribution in [3.8, 4) is 45.4 Å². The first-order chi connectivity index (χ1) is 16.3. The summed E-state index contributed by atoms with van der Waals surface area (Å²) in [6.07, 6.45) is -3.57. The molecule has 0 amide bonds. The van der Waals surface area contributed by atoms with Crippen molar-refractivity contribution in [1.82, 2.24) is 19.7 Å². The van der Waals surface area contributed by atoms with Crippen LogP contribution in [0.3, 0.4) is 0 Å². The molecule has 3 aromatic carbocycles. The van der Waals surface area contributed by atoms with Crippen LogP contribution in [0, 0.1) is 5.82 Å². The molecule has 0 aliphatic carbocycles. The van der Waals surface area contributed by atoms with E-state index in [0.717, 1.165) is 11.8 Å². The molecule has 0 aliphatic rings. The smallest absolute Gasteiger partial charge is 0.334 e. The molecule has 0 bridgehead atoms. The number of aryl methyl sites for hydroxylation is 1. The largest absolute Gasteiger partial charge is 0.434 e. The van der Waals surface area contributed by atoms with E-state index >= 15 is 0 Å². The average molecular weight is 464 g/mol. The molecule has 0 fully saturated rings. The van der Waals surface area contributed by atoms with E-state index in [0.29, 0.717) is 28.1 Å². The minimum Gasteiger partial charge on any atom is -0.334 e. The molecule has 0 radical (unpaired) electrons. The lowest BCUT2D eigenvalue weighted by molar-refractivity contribution is -0.140. The van der Waals surface area contributed by atoms with E-state index in [1.54, 1.807) is 30.3 Å². The Kier molecular flexibility index (Phi) is 5.24. The predicted molar refractivity (Wildman–Crippen MR) is 118 cm³/mol. The molecule has 0 atom stereocenters. The third-order valence-electron chi connectivity index (χ3n) is 5.29. The van der Waals surface area contributed by atoms with Gasteiger partial charge in [0.15, 0.2) is 5.69 Å². The second-order valence-electron chi connectivity index (χ2n) is 7.61. The first kappa shape index (κ1) is 21.6. The van der Waals surface area contributed by atoms with Crippen LogP contribution in [0.25, 0.3) is 45.4 Å². The van der Waals surface area contributed by atoms with E-state index < -0.39 is 11.9 Å². The Morgan fingerprint density at radius 2 is 1.50 bits per heavy atom. The molecule has 2 heterocycles. The van der Waals surface area contributed by atoms with E-state index in [9.17, 15) is 17.6 Å². The van der Waals surface area contributed by atoms with Crippen LogP contribution in [0.2, 0.25) is 0 Å². The van der Waals surface area contributed by atoms with Crippen LogP contribution in [0.15, 0.2) is 83.5 Å². The van der Waals surface area contributed by atoms with Crippen LogP contribution < -0.4 is 0 Å². The van der Waals surface area contributed by atoms with E-state index in [1.165, 1.54) is 23.7 Å². The fourth-order valence-electron chi connectivity index (χ4n) is 3.65. The summed E-state index contributed by atoms with van der Waals surface area (Å²) in [7, 11) is 1.50. The highest BCUT2D eigenvalue weighted by Crippen LogP contribution is 2.34. The predicted octanol–water partition coefficient (Wildman–Crippen LogP) is 6.63. The summed E-state index contributed by atoms with van der Waals surface area (Å²) >= 11 is 0. The summed E-state index contributed by atoms with van der Waals surface area (Å²) in [4.78, 5) is 8.15. The van der Waals surface area contributed by atoms with Gasteiger partial charge in [-0.25, -0.2) is 9.37 Å². The number of nitrogens with zero attached hydrogens (tertiary/aromatic N) is 4. The van der Waals surface area contributed by atoms with Crippen molar-refractivity contribution in [1.29, 1.82) is 0 Å². The molecule has 0 aliphatic heterocycles. The van der Waals surface area contributed by atoms with E-state index in [-0.39, 0.29) is 17.5 Å². The SMILES string of the molecule is Cn1cc(C(F)(F)F)nc1-c1ccc(-c2noc(-c3ccc(F)cc3-c3ccccc3)n2)cc1. The zero-order valence-corrected chi connectivity index (χ0v) is 17.7. The second kappa shape index (κ2) is 8.26. The Balaban J connectivity index is 1.46. The van der Waals surface area contributed by atoms with Gasteiger partial charge in [0, 0.05) is 29.9 Å². The molecule has 2 aromatic heterocycles. The van der Waals surface area contributed by atoms with Gasteiger partial charge >= 0.3 is 6.18 Å². The van der Waals surface area contributed by atoms with Crippen molar-refractivity contribution in [3.63, 3.8) is 0 Å². The van der Waals surface area contributed by atoms with E-state index in [4.69, 9.17) is 4.52 Å². The van der Waals surface area contributed by atoms with Crippen LogP contribution in [0.4, 0.5) is 17.6 Å². The minimum absolute atomic E-state index is 0.187. The molecule has 0 saturated carbocycles. The molecule has 34 heavy (non-hydrogen) atoms. The number of rotatable bonds is 4. The Morgan fingerprint density at radius 3 is 2.18 bits per heavy atom. The lowest BCUT2D eigenvalue weighted by Gasteiger charge is -2.06. The molecule has 5 aromatic rings. The van der Waals surface area contributed by atoms with Crippen LogP contribution >= 0.6 is 0 Å². The first-order valence-electron chi connectivity index (χ1n) is 10.2. The number of imidazole rings is 1. The van der Waals surface area contributed by atoms with Gasteiger partial charge in [-0.05, 0) is 29.3 Å². The molecular weight excluding hydrogens is 448 g/mol. The van der Waals surface area contributed by atoms with Gasteiger partial charge in [0.25, 0.3) is 5.89 Å². The molecule has 0 saturated heterocycles. The highest BCUT2D eigenvalue weighted by Gasteiger charge is 2.34. The third kappa shape index (κ3) is 4.07. The summed E-state index contributed by atoms with van der Waals surface area (Å²) < 4.78 is 59.6. The maximum atomic E-state index is 14.0. The minimum atomic E-state index is -4.52. The van der Waals surface area contributed by atoms with Gasteiger partial charge in [0.05, 0.1) is 0 Å². The summed E-state index contributed by atoms with van der Waals surface area (Å²) in [5.74, 6) is 0.310. The zero-order chi connectivity index (χ0) is 23.9. The monoisotopic (exact) mass is 464 g/mol. The maximum Gasteiger partial charge on any atom is 0.434 e. The number of benzene rings is 3. The third-order valence-corrected chi connectivity index (χ3v) is 5.29. The average Bonchev–Trinajstić information content (AvgIpc) is 3.47. The van der Waals surface area contributed by atoms with Gasteiger partial charge in [-0.3, -0.25) is 0 Å². The normalized spacial score (nSPS) is 11.7. The fraction of sp³-hybridized carbons (Fsp3) is 0.0800. The maximum absolute atomic E-state index is 14.0. The molecule has 0 unspecified atom stereocenters. The van der Waals surface area contributed by atoms with Crippen LogP contribution in [-0.2, 0) is 13.2 Å². The van der Waals surface area contributed by atoms with Gasteiger partial charge in [-0.15, -0.1) is 0 Å². The fourth-order valence-corrected chi connectivity index (χ4v) is 3.65. The lowest BCUT2D eigenvalue weighted by atomic mass is 9.99. The van der Waals surface area contributed by atoms with Crippen LogP contribution in [0.1, 0.15) is 5.69 Å². The lowest BCUT2D eigenvalue weighted by Crippen LogP contribution is -2.04. The molecule has 9 heteroatoms. The van der Waals surface area contributed by atoms with Crippen molar-refractivity contribution in [2.24, 2.45) is 7.05 Å². The van der Waals surface area contributed by atoms with Crippen molar-refractivity contribution < 1.29 is 22.1 Å². The number of halogens is 4. The molecular formula is C25H16F4N4O. The molecule has 5 nitrogen and oxygen atoms in total. The van der Waals surface area contributed by atoms with Crippen molar-refractivity contribution in [2.75, 3.05) is 0 Å². The molecule has 0 spiro atoms. The first-order valence-corrected chi connectivity index (χ1v) is 10.2. The van der Waals surface area contributed by atoms with Gasteiger partial charge in [-0.2, -0.15) is 18.2 Å². The topological polar surface area (TPSA) is 56.7 Å². The number of hydrogen-bond acceptors (Lipinski definition) is 4. The quantitative estimate of drug-likeness (QED) is 0.280. The standard InChI is InChI=1S/C25H16F4N4O/c1-33-14-21(25(27,28)29)30-23(33)17-9-7-16(8-10-17)22-31-24(34-32-22)19-12-11-18(26)13-20(19)15-5-3-2-4-6-15/h2-14H,1H3. The Labute approximate surface area is 191 Å². The molecule has 170 valence electrons. The van der Waals surface area contributed by atoms with Crippen LogP contribution in [-0.4, -0.2) is 19.7 Å². The highest BCUT2D eigenvalue weighted by molar-refractivity contribution is 5.80. The van der Waals surface area contributed by atoms with Crippen molar-refractivity contribution >= 4 is 0 Å². The molecule has 0 N–H and O–H groups in total. The van der Waals surface area contributed by atoms with E-state index in [2.05, 4.69) is 15.1 Å². The Morgan fingerprint density at radius 1 is 0.794 bits per heavy atom. The van der Waals surface area contributed by atoms with Crippen molar-refractivity contribution in [2.45, 2.75) is 6.18 Å². The van der Waals surface area contributed by atoms with Gasteiger partial charge in [0.2, 0.25) is 5.82 Å². The van der Waals surface area contributed by atoms with Crippen molar-refractivity contribution in [3.05, 3.63) is 90.5 Å². The van der Waals surface area contributed by atoms with Gasteiger partial charge in [-0.1, -0.05) is 59.8 Å². The number of alkyl halides is 3. The Hall–Kier alpha value is -4.27. The van der Waals surface area contributed by atoms with Crippen LogP contribution in [0.5, 0.6) is 0 Å². The summed E-state index contributed by atoms with van der Waals surface area (Å²) in [6, 6.07) is 20.2. The number of hydrogen-bond donors (Lipinski definition) is 0. The second-order valence-corrected chi connectivity index (χ2v) is 7.61. The van der Waals surface area contributed by atoms with E-state index in [1.807, 2.05) is 30.3 Å². The summed E-state index contributed by atoms with van der Waals surface area (Å²) in [5, 5.41) is 4.03. The highest BCUT2D eigenvalue weighted by atomic mass is 19.4. The number of aromatic nitrogens is 4. The Bertz CT molecular complexity index is 1450. The zero-order valence-electron chi connectivity index (χ0n) is 17.7. The van der Waals surface area contributed by atoms with Gasteiger partial charge < -0.3 is 9.09 Å². The summed E-state index contributed by atoms with van der Waals surface area (Å²) in [5.41, 5.74) is 2.15. The van der Waals surface area contributed by atoms with Gasteiger partial charge in [0.1, 0.15) is 11.6 Å². The summed E-state index contributed by atoms with van der Waals surface area (Å²) in [6.45, 7) is 0.